The third kappa shape index (κ3) is 4.68. The van der Waals surface area contributed by atoms with E-state index in [4.69, 9.17) is 34.7 Å². The summed E-state index contributed by atoms with van der Waals surface area (Å²) in [6.07, 6.45) is 3.72. The Morgan fingerprint density at radius 3 is 2.19 bits per heavy atom. The van der Waals surface area contributed by atoms with Crippen molar-refractivity contribution < 1.29 is 37.7 Å². The molecule has 3 rings (SSSR count). The van der Waals surface area contributed by atoms with Crippen LogP contribution in [-0.4, -0.2) is 0 Å². The van der Waals surface area contributed by atoms with Crippen LogP contribution < -0.4 is 23.0 Å². The summed E-state index contributed by atoms with van der Waals surface area (Å²) in [5.74, 6) is 0. The molecule has 0 aliphatic rings. The van der Waals surface area contributed by atoms with Gasteiger partial charge in [0.25, 0.3) is 5.69 Å². The lowest BCUT2D eigenvalue weighted by atomic mass is 10.2. The second-order valence-electron chi connectivity index (χ2n) is 3.91. The summed E-state index contributed by atoms with van der Waals surface area (Å²) in [6, 6.07) is 13.6. The Balaban J connectivity index is 0.000000282. The van der Waals surface area contributed by atoms with E-state index in [-0.39, 0.29) is 0 Å². The third-order valence-electron chi connectivity index (χ3n) is 2.51. The summed E-state index contributed by atoms with van der Waals surface area (Å²) in [4.78, 5) is 0. The minimum Gasteiger partial charge on any atom is -0.406 e. The van der Waals surface area contributed by atoms with Gasteiger partial charge in [-0.2, -0.15) is 0 Å². The van der Waals surface area contributed by atoms with E-state index in [2.05, 4.69) is 0 Å². The van der Waals surface area contributed by atoms with E-state index < -0.39 is 10.2 Å². The summed E-state index contributed by atoms with van der Waals surface area (Å²) in [5.41, 5.74) is 2.93. The van der Waals surface area contributed by atoms with Crippen LogP contribution in [0.15, 0.2) is 59.3 Å². The number of halogens is 2. The second kappa shape index (κ2) is 6.40. The Morgan fingerprint density at radius 1 is 0.952 bits per heavy atom. The molecule has 2 aromatic heterocycles. The number of fused-ring (bicyclic) bond motifs is 1. The molecule has 0 amide bonds. The van der Waals surface area contributed by atoms with Crippen molar-refractivity contribution in [2.45, 2.75) is 0 Å². The van der Waals surface area contributed by atoms with Crippen molar-refractivity contribution in [2.24, 2.45) is 0 Å². The van der Waals surface area contributed by atoms with Gasteiger partial charge in [0.05, 0.1) is 11.6 Å². The van der Waals surface area contributed by atoms with Gasteiger partial charge in [0, 0.05) is 11.1 Å². The average molecular weight is 330 g/mol. The summed E-state index contributed by atoms with van der Waals surface area (Å²) < 4.78 is 41.4. The molecule has 110 valence electrons. The van der Waals surface area contributed by atoms with Gasteiger partial charge in [-0.05, 0) is 30.3 Å². The van der Waals surface area contributed by atoms with Crippen LogP contribution in [0.2, 0.25) is 5.02 Å². The maximum absolute atomic E-state index is 8.49. The van der Waals surface area contributed by atoms with E-state index >= 15 is 0 Å². The number of oxazole rings is 1. The molecule has 2 heterocycles. The fourth-order valence-electron chi connectivity index (χ4n) is 1.72. The zero-order valence-corrected chi connectivity index (χ0v) is 12.0. The quantitative estimate of drug-likeness (QED) is 0.509. The molecule has 21 heavy (non-hydrogen) atoms. The molecule has 1 aromatic carbocycles. The molecule has 0 bridgehead atoms. The molecular formula is C13H9Cl2NO5. The summed E-state index contributed by atoms with van der Waals surface area (Å²) in [6.45, 7) is 0. The standard InChI is InChI=1S/C13H9ClNO.ClHO4/c14-11-6-4-10(5-7-11)12-9-16-13-3-1-2-8-15(12)13;2-1(3,4)5/h1-9H;(H,2,3,4,5)/q+1;/p-1. The molecule has 0 N–H and O–H groups in total. The predicted octanol–water partition coefficient (Wildman–Crippen LogP) is -1.42. The predicted molar refractivity (Wildman–Crippen MR) is 62.3 cm³/mol. The molecule has 0 radical (unpaired) electrons. The van der Waals surface area contributed by atoms with Gasteiger partial charge in [-0.15, -0.1) is 14.6 Å². The number of aromatic nitrogens is 1. The van der Waals surface area contributed by atoms with Crippen molar-refractivity contribution in [1.82, 2.24) is 0 Å². The molecular weight excluding hydrogens is 321 g/mol. The van der Waals surface area contributed by atoms with Gasteiger partial charge < -0.3 is 4.42 Å². The number of benzene rings is 1. The lowest BCUT2D eigenvalue weighted by Crippen LogP contribution is -2.68. The van der Waals surface area contributed by atoms with Crippen LogP contribution in [0.1, 0.15) is 0 Å². The first-order valence-corrected chi connectivity index (χ1v) is 7.21. The van der Waals surface area contributed by atoms with Crippen molar-refractivity contribution in [3.8, 4) is 11.3 Å². The van der Waals surface area contributed by atoms with Gasteiger partial charge in [-0.3, -0.25) is 0 Å². The summed E-state index contributed by atoms with van der Waals surface area (Å²) >= 11 is 5.86. The SMILES string of the molecule is Clc1ccc(-c2coc3cccc[n+]23)cc1.[O-][Cl+3]([O-])([O-])[O-]. The van der Waals surface area contributed by atoms with Gasteiger partial charge in [-0.25, -0.2) is 18.6 Å². The fraction of sp³-hybridized carbons (Fsp3) is 0. The molecule has 3 aromatic rings. The molecule has 8 heteroatoms. The van der Waals surface area contributed by atoms with Crippen LogP contribution in [0.3, 0.4) is 0 Å². The van der Waals surface area contributed by atoms with Crippen molar-refractivity contribution in [2.75, 3.05) is 0 Å². The molecule has 0 unspecified atom stereocenters. The summed E-state index contributed by atoms with van der Waals surface area (Å²) in [7, 11) is -4.94. The number of nitrogens with zero attached hydrogens (tertiary/aromatic N) is 1. The zero-order valence-electron chi connectivity index (χ0n) is 10.4. The van der Waals surface area contributed by atoms with Crippen molar-refractivity contribution >= 4 is 17.3 Å². The van der Waals surface area contributed by atoms with Crippen molar-refractivity contribution in [3.63, 3.8) is 0 Å². The van der Waals surface area contributed by atoms with Crippen LogP contribution in [0.25, 0.3) is 17.0 Å². The maximum Gasteiger partial charge on any atom is 0.378 e. The van der Waals surface area contributed by atoms with E-state index in [0.717, 1.165) is 22.0 Å². The second-order valence-corrected chi connectivity index (χ2v) is 5.11. The van der Waals surface area contributed by atoms with Crippen LogP contribution in [-0.2, 0) is 0 Å². The molecule has 6 nitrogen and oxygen atoms in total. The molecule has 0 saturated carbocycles. The van der Waals surface area contributed by atoms with E-state index in [0.29, 0.717) is 0 Å². The van der Waals surface area contributed by atoms with Gasteiger partial charge >= 0.3 is 5.71 Å². The first kappa shape index (κ1) is 15.7. The van der Waals surface area contributed by atoms with Gasteiger partial charge in [0.2, 0.25) is 0 Å². The van der Waals surface area contributed by atoms with Crippen LogP contribution in [0.5, 0.6) is 0 Å². The van der Waals surface area contributed by atoms with E-state index in [1.165, 1.54) is 0 Å². The number of hydrogen-bond donors (Lipinski definition) is 0. The molecule has 0 aliphatic carbocycles. The van der Waals surface area contributed by atoms with E-state index in [1.807, 2.05) is 53.1 Å². The molecule has 0 aliphatic heterocycles. The number of hydrogen-bond acceptors (Lipinski definition) is 5. The zero-order chi connectivity index (χ0) is 15.5. The normalized spacial score (nSPS) is 11.1. The van der Waals surface area contributed by atoms with E-state index in [9.17, 15) is 0 Å². The minimum absolute atomic E-state index is 0.738. The minimum atomic E-state index is -4.94. The molecule has 0 spiro atoms. The van der Waals surface area contributed by atoms with Gasteiger partial charge in [0.1, 0.15) is 0 Å². The fourth-order valence-corrected chi connectivity index (χ4v) is 1.85. The van der Waals surface area contributed by atoms with Gasteiger partial charge in [0.15, 0.2) is 12.5 Å². The van der Waals surface area contributed by atoms with Crippen LogP contribution >= 0.6 is 11.6 Å². The highest BCUT2D eigenvalue weighted by atomic mass is 35.7. The van der Waals surface area contributed by atoms with Crippen molar-refractivity contribution in [1.29, 1.82) is 0 Å². The lowest BCUT2D eigenvalue weighted by molar-refractivity contribution is -2.00. The average Bonchev–Trinajstić information content (AvgIpc) is 2.82. The highest BCUT2D eigenvalue weighted by Crippen LogP contribution is 2.19. The maximum atomic E-state index is 8.49. The lowest BCUT2D eigenvalue weighted by Gasteiger charge is -2.17. The molecule has 0 atom stereocenters. The van der Waals surface area contributed by atoms with Gasteiger partial charge in [-0.1, -0.05) is 11.6 Å². The Bertz CT molecular complexity index is 715. The number of rotatable bonds is 1. The first-order valence-electron chi connectivity index (χ1n) is 5.60. The van der Waals surface area contributed by atoms with Crippen LogP contribution in [0.4, 0.5) is 0 Å². The Kier molecular flexibility index (Phi) is 4.79. The van der Waals surface area contributed by atoms with E-state index in [1.54, 1.807) is 6.26 Å². The first-order chi connectivity index (χ1) is 9.84. The Morgan fingerprint density at radius 2 is 1.57 bits per heavy atom. The molecule has 0 saturated heterocycles. The van der Waals surface area contributed by atoms with Crippen molar-refractivity contribution in [3.05, 3.63) is 59.9 Å². The third-order valence-corrected chi connectivity index (χ3v) is 2.77. The van der Waals surface area contributed by atoms with Crippen LogP contribution in [0, 0.1) is 10.2 Å². The topological polar surface area (TPSA) is 109 Å². The highest BCUT2D eigenvalue weighted by molar-refractivity contribution is 6.30. The largest absolute Gasteiger partial charge is 0.406 e. The smallest absolute Gasteiger partial charge is 0.378 e. The monoisotopic (exact) mass is 329 g/mol. The Labute approximate surface area is 126 Å². The molecule has 0 fully saturated rings. The summed E-state index contributed by atoms with van der Waals surface area (Å²) in [5, 5.41) is 0.738. The highest BCUT2D eigenvalue weighted by Gasteiger charge is 2.15. The number of pyridine rings is 1. The Hall–Kier alpha value is -1.67.